The smallest absolute Gasteiger partial charge is 0.232 e. The number of benzene rings is 2. The molecule has 0 radical (unpaired) electrons. The maximum Gasteiger partial charge on any atom is 0.232 e. The Morgan fingerprint density at radius 2 is 1.86 bits per heavy atom. The van der Waals surface area contributed by atoms with Crippen molar-refractivity contribution in [3.8, 4) is 0 Å². The Morgan fingerprint density at radius 3 is 2.57 bits per heavy atom. The Kier molecular flexibility index (Phi) is 6.30. The van der Waals surface area contributed by atoms with Gasteiger partial charge in [-0.2, -0.15) is 0 Å². The molecular formula is C21H25ClN2O3S. The van der Waals surface area contributed by atoms with Crippen LogP contribution in [-0.2, 0) is 27.8 Å². The number of halogens is 1. The first-order chi connectivity index (χ1) is 13.3. The van der Waals surface area contributed by atoms with E-state index in [9.17, 15) is 13.2 Å². The molecule has 0 aromatic heterocycles. The van der Waals surface area contributed by atoms with E-state index in [0.29, 0.717) is 42.2 Å². The highest BCUT2D eigenvalue weighted by Gasteiger charge is 2.23. The van der Waals surface area contributed by atoms with Gasteiger partial charge in [0.25, 0.3) is 0 Å². The van der Waals surface area contributed by atoms with Gasteiger partial charge < -0.3 is 4.90 Å². The van der Waals surface area contributed by atoms with Crippen molar-refractivity contribution in [2.45, 2.75) is 32.7 Å². The van der Waals surface area contributed by atoms with Gasteiger partial charge >= 0.3 is 0 Å². The van der Waals surface area contributed by atoms with Crippen molar-refractivity contribution in [3.05, 3.63) is 64.2 Å². The van der Waals surface area contributed by atoms with Gasteiger partial charge in [-0.15, -0.1) is 0 Å². The fourth-order valence-corrected chi connectivity index (χ4v) is 4.76. The number of rotatable bonds is 6. The summed E-state index contributed by atoms with van der Waals surface area (Å²) in [7, 11) is -3.47. The maximum atomic E-state index is 12.6. The van der Waals surface area contributed by atoms with Crippen LogP contribution >= 0.6 is 11.6 Å². The molecular weight excluding hydrogens is 396 g/mol. The Morgan fingerprint density at radius 1 is 1.14 bits per heavy atom. The molecule has 7 heteroatoms. The molecule has 0 saturated heterocycles. The number of hydrogen-bond donors (Lipinski definition) is 0. The Labute approximate surface area is 172 Å². The van der Waals surface area contributed by atoms with Crippen molar-refractivity contribution >= 4 is 33.2 Å². The van der Waals surface area contributed by atoms with E-state index in [-0.39, 0.29) is 12.5 Å². The van der Waals surface area contributed by atoms with E-state index >= 15 is 0 Å². The molecule has 0 atom stereocenters. The van der Waals surface area contributed by atoms with E-state index in [4.69, 9.17) is 11.6 Å². The average molecular weight is 421 g/mol. The molecule has 0 spiro atoms. The summed E-state index contributed by atoms with van der Waals surface area (Å²) in [6.45, 7) is 3.37. The lowest BCUT2D eigenvalue weighted by Gasteiger charge is -2.29. The molecule has 3 rings (SSSR count). The molecule has 0 N–H and O–H groups in total. The molecule has 150 valence electrons. The lowest BCUT2D eigenvalue weighted by atomic mass is 9.99. The number of hydrogen-bond acceptors (Lipinski definition) is 3. The van der Waals surface area contributed by atoms with Crippen LogP contribution in [0.5, 0.6) is 0 Å². The summed E-state index contributed by atoms with van der Waals surface area (Å²) in [5.41, 5.74) is 3.77. The summed E-state index contributed by atoms with van der Waals surface area (Å²) in [4.78, 5) is 14.5. The second-order valence-corrected chi connectivity index (χ2v) is 9.47. The van der Waals surface area contributed by atoms with Crippen molar-refractivity contribution in [2.24, 2.45) is 0 Å². The van der Waals surface area contributed by atoms with Crippen molar-refractivity contribution in [1.82, 2.24) is 4.90 Å². The van der Waals surface area contributed by atoms with E-state index in [2.05, 4.69) is 12.1 Å². The highest BCUT2D eigenvalue weighted by Crippen LogP contribution is 2.28. The van der Waals surface area contributed by atoms with Crippen molar-refractivity contribution in [3.63, 3.8) is 0 Å². The predicted molar refractivity (Wildman–Crippen MR) is 113 cm³/mol. The molecule has 0 aliphatic carbocycles. The zero-order chi connectivity index (χ0) is 20.3. The van der Waals surface area contributed by atoms with Gasteiger partial charge in [0.15, 0.2) is 0 Å². The Hall–Kier alpha value is -2.05. The Bertz CT molecular complexity index is 975. The number of carbonyl (C=O) groups excluding carboxylic acids is 1. The predicted octanol–water partition coefficient (Wildman–Crippen LogP) is 3.78. The first-order valence-electron chi connectivity index (χ1n) is 9.35. The molecule has 1 heterocycles. The summed E-state index contributed by atoms with van der Waals surface area (Å²) in [5.74, 6) is 0.0609. The van der Waals surface area contributed by atoms with Crippen molar-refractivity contribution in [1.29, 1.82) is 0 Å². The fraction of sp³-hybridized carbons (Fsp3) is 0.381. The topological polar surface area (TPSA) is 57.7 Å². The SMILES string of the molecule is Cc1c(Cl)cccc1N(CCCC(=O)N1CCc2ccccc2C1)S(C)(=O)=O. The second kappa shape index (κ2) is 8.53. The summed E-state index contributed by atoms with van der Waals surface area (Å²) >= 11 is 6.15. The highest BCUT2D eigenvalue weighted by molar-refractivity contribution is 7.92. The van der Waals surface area contributed by atoms with Crippen LogP contribution in [0, 0.1) is 6.92 Å². The molecule has 0 unspecified atom stereocenters. The lowest BCUT2D eigenvalue weighted by Crippen LogP contribution is -2.37. The minimum absolute atomic E-state index is 0.0609. The van der Waals surface area contributed by atoms with Crippen molar-refractivity contribution < 1.29 is 13.2 Å². The highest BCUT2D eigenvalue weighted by atomic mass is 35.5. The summed E-state index contributed by atoms with van der Waals surface area (Å²) < 4.78 is 25.9. The average Bonchev–Trinajstić information content (AvgIpc) is 2.66. The van der Waals surface area contributed by atoms with E-state index < -0.39 is 10.0 Å². The minimum Gasteiger partial charge on any atom is -0.338 e. The third-order valence-corrected chi connectivity index (χ3v) is 6.73. The maximum absolute atomic E-state index is 12.6. The van der Waals surface area contributed by atoms with E-state index in [1.165, 1.54) is 21.7 Å². The standard InChI is InChI=1S/C21H25ClN2O3S/c1-16-19(22)9-5-10-20(16)24(28(2,26)27)13-6-11-21(25)23-14-12-17-7-3-4-8-18(17)15-23/h3-5,7-10H,6,11-15H2,1-2H3. The Balaban J connectivity index is 1.63. The third-order valence-electron chi connectivity index (χ3n) is 5.14. The molecule has 5 nitrogen and oxygen atoms in total. The fourth-order valence-electron chi connectivity index (χ4n) is 3.57. The number of nitrogens with zero attached hydrogens (tertiary/aromatic N) is 2. The molecule has 1 amide bonds. The molecule has 28 heavy (non-hydrogen) atoms. The van der Waals surface area contributed by atoms with E-state index in [1.807, 2.05) is 17.0 Å². The number of sulfonamides is 1. The van der Waals surface area contributed by atoms with Crippen LogP contribution in [0.4, 0.5) is 5.69 Å². The van der Waals surface area contributed by atoms with Gasteiger partial charge in [-0.3, -0.25) is 9.10 Å². The first-order valence-corrected chi connectivity index (χ1v) is 11.6. The van der Waals surface area contributed by atoms with Crippen LogP contribution in [0.1, 0.15) is 29.5 Å². The number of carbonyl (C=O) groups is 1. The van der Waals surface area contributed by atoms with Crippen molar-refractivity contribution in [2.75, 3.05) is 23.7 Å². The van der Waals surface area contributed by atoms with Crippen LogP contribution in [0.3, 0.4) is 0 Å². The zero-order valence-corrected chi connectivity index (χ0v) is 17.8. The van der Waals surface area contributed by atoms with Gasteiger partial charge in [0.05, 0.1) is 11.9 Å². The second-order valence-electron chi connectivity index (χ2n) is 7.16. The molecule has 0 fully saturated rings. The number of anilines is 1. The minimum atomic E-state index is -3.47. The van der Waals surface area contributed by atoms with Gasteiger partial charge in [0, 0.05) is 31.1 Å². The summed E-state index contributed by atoms with van der Waals surface area (Å²) in [6, 6.07) is 13.4. The number of amides is 1. The molecule has 1 aliphatic heterocycles. The van der Waals surface area contributed by atoms with Gasteiger partial charge in [-0.05, 0) is 48.6 Å². The monoisotopic (exact) mass is 420 g/mol. The normalized spacial score (nSPS) is 13.9. The molecule has 0 bridgehead atoms. The quantitative estimate of drug-likeness (QED) is 0.714. The van der Waals surface area contributed by atoms with Gasteiger partial charge in [0.2, 0.25) is 15.9 Å². The van der Waals surface area contributed by atoms with E-state index in [1.54, 1.807) is 25.1 Å². The van der Waals surface area contributed by atoms with Crippen LogP contribution in [0.25, 0.3) is 0 Å². The van der Waals surface area contributed by atoms with Gasteiger partial charge in [-0.1, -0.05) is 41.9 Å². The largest absolute Gasteiger partial charge is 0.338 e. The molecule has 2 aromatic rings. The van der Waals surface area contributed by atoms with Crippen LogP contribution in [0.15, 0.2) is 42.5 Å². The lowest BCUT2D eigenvalue weighted by molar-refractivity contribution is -0.132. The van der Waals surface area contributed by atoms with Crippen LogP contribution < -0.4 is 4.31 Å². The summed E-state index contributed by atoms with van der Waals surface area (Å²) in [6.07, 6.45) is 2.81. The van der Waals surface area contributed by atoms with Crippen LogP contribution in [0.2, 0.25) is 5.02 Å². The van der Waals surface area contributed by atoms with E-state index in [0.717, 1.165) is 6.42 Å². The zero-order valence-electron chi connectivity index (χ0n) is 16.2. The van der Waals surface area contributed by atoms with Gasteiger partial charge in [0.1, 0.15) is 0 Å². The molecule has 2 aromatic carbocycles. The first kappa shape index (κ1) is 20.7. The third kappa shape index (κ3) is 4.67. The van der Waals surface area contributed by atoms with Gasteiger partial charge in [-0.25, -0.2) is 8.42 Å². The summed E-state index contributed by atoms with van der Waals surface area (Å²) in [5, 5.41) is 0.522. The number of fused-ring (bicyclic) bond motifs is 1. The molecule has 0 saturated carbocycles. The molecule has 1 aliphatic rings. The van der Waals surface area contributed by atoms with Crippen LogP contribution in [-0.4, -0.2) is 38.6 Å².